The van der Waals surface area contributed by atoms with E-state index in [4.69, 9.17) is 5.26 Å². The van der Waals surface area contributed by atoms with Crippen LogP contribution in [0, 0.1) is 11.3 Å². The van der Waals surface area contributed by atoms with Gasteiger partial charge >= 0.3 is 0 Å². The smallest absolute Gasteiger partial charge is 0.167 e. The predicted molar refractivity (Wildman–Crippen MR) is 39.2 cm³/mol. The first-order valence-electron chi connectivity index (χ1n) is 3.37. The van der Waals surface area contributed by atoms with Gasteiger partial charge in [-0.15, -0.1) is 0 Å². The molecule has 0 heterocycles. The molecule has 0 fully saturated rings. The van der Waals surface area contributed by atoms with Gasteiger partial charge in [0.2, 0.25) is 0 Å². The first kappa shape index (κ1) is 6.11. The van der Waals surface area contributed by atoms with Crippen LogP contribution in [0.15, 0.2) is 18.2 Å². The summed E-state index contributed by atoms with van der Waals surface area (Å²) in [4.78, 5) is 10.8. The van der Waals surface area contributed by atoms with Crippen molar-refractivity contribution in [3.8, 4) is 6.07 Å². The minimum atomic E-state index is 0.185. The monoisotopic (exact) mass is 143 g/mol. The Labute approximate surface area is 64.1 Å². The molecule has 2 rings (SSSR count). The number of rotatable bonds is 0. The van der Waals surface area contributed by atoms with Crippen molar-refractivity contribution in [1.29, 1.82) is 5.26 Å². The number of fused-ring (bicyclic) bond motifs is 1. The number of benzene rings is 1. The summed E-state index contributed by atoms with van der Waals surface area (Å²) in [6, 6.07) is 7.21. The Balaban J connectivity index is 2.56. The lowest BCUT2D eigenvalue weighted by atomic mass is 9.86. The lowest BCUT2D eigenvalue weighted by Crippen LogP contribution is -2.18. The van der Waals surface area contributed by atoms with E-state index in [0.29, 0.717) is 12.0 Å². The number of carbonyl (C=O) groups excluding carboxylic acids is 1. The molecule has 0 spiro atoms. The molecule has 11 heavy (non-hydrogen) atoms. The summed E-state index contributed by atoms with van der Waals surface area (Å²) in [5.74, 6) is 0.185. The maximum absolute atomic E-state index is 10.8. The largest absolute Gasteiger partial charge is 0.294 e. The van der Waals surface area contributed by atoms with Crippen LogP contribution in [-0.4, -0.2) is 5.78 Å². The molecule has 0 radical (unpaired) electrons. The van der Waals surface area contributed by atoms with E-state index in [1.165, 1.54) is 0 Å². The van der Waals surface area contributed by atoms with E-state index in [1.54, 1.807) is 18.2 Å². The fraction of sp³-hybridized carbons (Fsp3) is 0.111. The van der Waals surface area contributed by atoms with Crippen molar-refractivity contribution < 1.29 is 4.79 Å². The lowest BCUT2D eigenvalue weighted by molar-refractivity contribution is 0.0968. The molecule has 0 aliphatic heterocycles. The van der Waals surface area contributed by atoms with Crippen LogP contribution >= 0.6 is 0 Å². The van der Waals surface area contributed by atoms with Crippen molar-refractivity contribution >= 4 is 5.78 Å². The van der Waals surface area contributed by atoms with Crippen LogP contribution in [0.1, 0.15) is 21.5 Å². The van der Waals surface area contributed by atoms with Crippen molar-refractivity contribution in [3.05, 3.63) is 34.9 Å². The summed E-state index contributed by atoms with van der Waals surface area (Å²) in [5.41, 5.74) is 2.43. The molecule has 1 aromatic carbocycles. The van der Waals surface area contributed by atoms with Gasteiger partial charge in [-0.05, 0) is 23.8 Å². The molecule has 0 aromatic heterocycles. The Morgan fingerprint density at radius 3 is 2.82 bits per heavy atom. The normalized spacial score (nSPS) is 13.2. The first-order chi connectivity index (χ1) is 5.31. The third-order valence-corrected chi connectivity index (χ3v) is 1.89. The van der Waals surface area contributed by atoms with Gasteiger partial charge in [0, 0.05) is 12.0 Å². The van der Waals surface area contributed by atoms with E-state index in [2.05, 4.69) is 0 Å². The second kappa shape index (κ2) is 1.93. The van der Waals surface area contributed by atoms with Gasteiger partial charge in [-0.1, -0.05) is 0 Å². The lowest BCUT2D eigenvalue weighted by Gasteiger charge is -2.15. The molecule has 0 saturated heterocycles. The standard InChI is InChI=1S/C9H5NO/c10-5-6-1-2-8-7(3-6)4-9(8)11/h1-3H,4H2. The van der Waals surface area contributed by atoms with Gasteiger partial charge in [-0.3, -0.25) is 4.79 Å². The molecule has 1 aliphatic carbocycles. The van der Waals surface area contributed by atoms with Crippen molar-refractivity contribution in [3.63, 3.8) is 0 Å². The van der Waals surface area contributed by atoms with Gasteiger partial charge in [0.1, 0.15) is 0 Å². The van der Waals surface area contributed by atoms with Crippen LogP contribution in [-0.2, 0) is 6.42 Å². The number of Topliss-reactive ketones (excluding diaryl/α,β-unsaturated/α-hetero) is 1. The number of carbonyl (C=O) groups is 1. The molecule has 1 aliphatic rings. The molecule has 2 nitrogen and oxygen atoms in total. The molecule has 0 N–H and O–H groups in total. The first-order valence-corrected chi connectivity index (χ1v) is 3.37. The third kappa shape index (κ3) is 0.746. The topological polar surface area (TPSA) is 40.9 Å². The molecule has 1 aromatic rings. The Morgan fingerprint density at radius 1 is 1.45 bits per heavy atom. The Hall–Kier alpha value is -1.62. The van der Waals surface area contributed by atoms with Crippen LogP contribution in [0.25, 0.3) is 0 Å². The average Bonchev–Trinajstić information content (AvgIpc) is 2.02. The van der Waals surface area contributed by atoms with Crippen molar-refractivity contribution in [2.24, 2.45) is 0 Å². The molecule has 2 heteroatoms. The number of hydrogen-bond acceptors (Lipinski definition) is 2. The molecule has 52 valence electrons. The average molecular weight is 143 g/mol. The van der Waals surface area contributed by atoms with Crippen LogP contribution in [0.2, 0.25) is 0 Å². The maximum atomic E-state index is 10.8. The number of ketones is 1. The molecule has 0 atom stereocenters. The second-order valence-electron chi connectivity index (χ2n) is 2.58. The number of nitriles is 1. The maximum Gasteiger partial charge on any atom is 0.167 e. The zero-order valence-corrected chi connectivity index (χ0v) is 5.79. The molecular weight excluding hydrogens is 138 g/mol. The highest BCUT2D eigenvalue weighted by Gasteiger charge is 2.22. The molecule has 0 bridgehead atoms. The summed E-state index contributed by atoms with van der Waals surface area (Å²) in [6.07, 6.45) is 0.505. The van der Waals surface area contributed by atoms with E-state index in [-0.39, 0.29) is 5.78 Å². The summed E-state index contributed by atoms with van der Waals surface area (Å²) < 4.78 is 0. The van der Waals surface area contributed by atoms with Gasteiger partial charge < -0.3 is 0 Å². The van der Waals surface area contributed by atoms with Crippen LogP contribution in [0.3, 0.4) is 0 Å². The number of hydrogen-bond donors (Lipinski definition) is 0. The molecule has 0 saturated carbocycles. The van der Waals surface area contributed by atoms with Crippen molar-refractivity contribution in [2.75, 3.05) is 0 Å². The Morgan fingerprint density at radius 2 is 2.27 bits per heavy atom. The van der Waals surface area contributed by atoms with E-state index in [9.17, 15) is 4.79 Å². The fourth-order valence-corrected chi connectivity index (χ4v) is 1.24. The predicted octanol–water partition coefficient (Wildman–Crippen LogP) is 1.30. The zero-order chi connectivity index (χ0) is 7.84. The number of nitrogens with zero attached hydrogens (tertiary/aromatic N) is 1. The SMILES string of the molecule is N#Cc1ccc2c(c1)CC2=O. The zero-order valence-electron chi connectivity index (χ0n) is 5.79. The van der Waals surface area contributed by atoms with Gasteiger partial charge in [-0.2, -0.15) is 5.26 Å². The summed E-state index contributed by atoms with van der Waals surface area (Å²) >= 11 is 0. The van der Waals surface area contributed by atoms with E-state index >= 15 is 0 Å². The highest BCUT2D eigenvalue weighted by Crippen LogP contribution is 2.23. The van der Waals surface area contributed by atoms with Gasteiger partial charge in [0.15, 0.2) is 5.78 Å². The van der Waals surface area contributed by atoms with E-state index in [1.807, 2.05) is 6.07 Å². The minimum absolute atomic E-state index is 0.185. The quantitative estimate of drug-likeness (QED) is 0.549. The van der Waals surface area contributed by atoms with Gasteiger partial charge in [0.05, 0.1) is 11.6 Å². The Bertz CT molecular complexity index is 374. The molecule has 0 unspecified atom stereocenters. The molecular formula is C9H5NO. The second-order valence-corrected chi connectivity index (χ2v) is 2.58. The highest BCUT2D eigenvalue weighted by atomic mass is 16.1. The van der Waals surface area contributed by atoms with Gasteiger partial charge in [0.25, 0.3) is 0 Å². The molecule has 0 amide bonds. The fourth-order valence-electron chi connectivity index (χ4n) is 1.24. The van der Waals surface area contributed by atoms with Crippen LogP contribution in [0.4, 0.5) is 0 Å². The Kier molecular flexibility index (Phi) is 1.07. The van der Waals surface area contributed by atoms with E-state index < -0.39 is 0 Å². The van der Waals surface area contributed by atoms with Crippen LogP contribution in [0.5, 0.6) is 0 Å². The van der Waals surface area contributed by atoms with Crippen LogP contribution < -0.4 is 0 Å². The van der Waals surface area contributed by atoms with Crippen molar-refractivity contribution in [1.82, 2.24) is 0 Å². The summed E-state index contributed by atoms with van der Waals surface area (Å²) in [7, 11) is 0. The third-order valence-electron chi connectivity index (χ3n) is 1.89. The van der Waals surface area contributed by atoms with Crippen molar-refractivity contribution in [2.45, 2.75) is 6.42 Å². The summed E-state index contributed by atoms with van der Waals surface area (Å²) in [6.45, 7) is 0. The summed E-state index contributed by atoms with van der Waals surface area (Å²) in [5, 5.41) is 8.51. The van der Waals surface area contributed by atoms with E-state index in [0.717, 1.165) is 11.1 Å². The van der Waals surface area contributed by atoms with Gasteiger partial charge in [-0.25, -0.2) is 0 Å². The highest BCUT2D eigenvalue weighted by molar-refractivity contribution is 6.06. The minimum Gasteiger partial charge on any atom is -0.294 e.